The van der Waals surface area contributed by atoms with Crippen molar-refractivity contribution in [2.75, 3.05) is 0 Å². The van der Waals surface area contributed by atoms with Crippen molar-refractivity contribution in [3.8, 4) is 0 Å². The van der Waals surface area contributed by atoms with Crippen LogP contribution in [0.25, 0.3) is 0 Å². The molecule has 0 fully saturated rings. The van der Waals surface area contributed by atoms with E-state index in [9.17, 15) is 0 Å². The molecule has 0 amide bonds. The predicted molar refractivity (Wildman–Crippen MR) is 108 cm³/mol. The van der Waals surface area contributed by atoms with E-state index < -0.39 is 16.1 Å². The summed E-state index contributed by atoms with van der Waals surface area (Å²) in [5, 5.41) is 0. The quantitative estimate of drug-likeness (QED) is 0.349. The Labute approximate surface area is 151 Å². The van der Waals surface area contributed by atoms with Crippen LogP contribution in [0.5, 0.6) is 0 Å². The Bertz CT molecular complexity index is 207. The normalized spacial score (nSPS) is 12.7. The van der Waals surface area contributed by atoms with E-state index in [0.717, 1.165) is 5.92 Å². The van der Waals surface area contributed by atoms with Gasteiger partial charge in [0.1, 0.15) is 0 Å². The van der Waals surface area contributed by atoms with Crippen LogP contribution in [0.1, 0.15) is 41.0 Å². The molecule has 3 heteroatoms. The van der Waals surface area contributed by atoms with Crippen LogP contribution in [0.2, 0.25) is 51.4 Å². The van der Waals surface area contributed by atoms with E-state index in [1.807, 2.05) is 0 Å². The molecule has 0 nitrogen and oxygen atoms in total. The van der Waals surface area contributed by atoms with Crippen molar-refractivity contribution >= 4 is 16.1 Å². The molecule has 136 valence electrons. The predicted octanol–water partition coefficient (Wildman–Crippen LogP) is 7.64. The first-order chi connectivity index (χ1) is 7.69. The fraction of sp³-hybridized carbons (Fsp3) is 0.889. The van der Waals surface area contributed by atoms with Crippen LogP contribution in [0.3, 0.4) is 0 Å². The van der Waals surface area contributed by atoms with Gasteiger partial charge in [0, 0.05) is 16.1 Å². The molecule has 0 aromatic rings. The van der Waals surface area contributed by atoms with E-state index in [1.54, 1.807) is 0 Å². The molecule has 0 aliphatic carbocycles. The van der Waals surface area contributed by atoms with Crippen molar-refractivity contribution in [2.24, 2.45) is 11.3 Å². The van der Waals surface area contributed by atoms with Gasteiger partial charge in [-0.15, -0.1) is 0 Å². The summed E-state index contributed by atoms with van der Waals surface area (Å²) in [6, 6.07) is 2.93. The molecule has 1 unspecified atom stereocenters. The van der Waals surface area contributed by atoms with Gasteiger partial charge in [-0.3, -0.25) is 0 Å². The monoisotopic (exact) mass is 376 g/mol. The zero-order chi connectivity index (χ0) is 15.2. The Morgan fingerprint density at radius 3 is 1.19 bits per heavy atom. The van der Waals surface area contributed by atoms with Gasteiger partial charge in [-0.25, -0.2) is 0 Å². The van der Waals surface area contributed by atoms with Crippen molar-refractivity contribution in [1.82, 2.24) is 0 Å². The first-order valence-corrected chi connectivity index (χ1v) is 15.1. The third kappa shape index (κ3) is 29.6. The topological polar surface area (TPSA) is 0 Å². The third-order valence-electron chi connectivity index (χ3n) is 3.40. The third-order valence-corrected chi connectivity index (χ3v) is 7.23. The molecule has 21 heavy (non-hydrogen) atoms. The summed E-state index contributed by atoms with van der Waals surface area (Å²) >= 11 is 0. The molecule has 0 bridgehead atoms. The molecule has 0 aliphatic heterocycles. The molecular formula is C18H46NiSi2. The second-order valence-electron chi connectivity index (χ2n) is 9.34. The van der Waals surface area contributed by atoms with Gasteiger partial charge in [-0.05, 0) is 11.3 Å². The van der Waals surface area contributed by atoms with Gasteiger partial charge in [0.05, 0.1) is 0 Å². The summed E-state index contributed by atoms with van der Waals surface area (Å²) in [6.07, 6.45) is 1.37. The molecular weight excluding hydrogens is 331 g/mol. The summed E-state index contributed by atoms with van der Waals surface area (Å²) in [4.78, 5) is 0. The Hall–Kier alpha value is 0.927. The minimum Gasteiger partial charge on any atom is -0.358 e. The van der Waals surface area contributed by atoms with E-state index in [2.05, 4.69) is 73.9 Å². The summed E-state index contributed by atoms with van der Waals surface area (Å²) in [5.41, 5.74) is 0.500. The number of rotatable bonds is 4. The van der Waals surface area contributed by atoms with Crippen molar-refractivity contribution in [2.45, 2.75) is 92.4 Å². The second-order valence-corrected chi connectivity index (χ2v) is 20.5. The van der Waals surface area contributed by atoms with Crippen LogP contribution in [0.4, 0.5) is 0 Å². The van der Waals surface area contributed by atoms with Crippen molar-refractivity contribution < 1.29 is 16.5 Å². The van der Waals surface area contributed by atoms with E-state index >= 15 is 0 Å². The van der Waals surface area contributed by atoms with E-state index in [4.69, 9.17) is 0 Å². The fourth-order valence-corrected chi connectivity index (χ4v) is 5.92. The van der Waals surface area contributed by atoms with Crippen LogP contribution in [-0.2, 0) is 16.5 Å². The molecule has 0 spiro atoms. The van der Waals surface area contributed by atoms with Crippen LogP contribution >= 0.6 is 0 Å². The van der Waals surface area contributed by atoms with E-state index in [-0.39, 0.29) is 31.3 Å². The smallest absolute Gasteiger partial charge is 0.358 e. The Kier molecular flexibility index (Phi) is 21.3. The van der Waals surface area contributed by atoms with Crippen molar-refractivity contribution in [3.63, 3.8) is 0 Å². The van der Waals surface area contributed by atoms with Gasteiger partial charge in [-0.2, -0.15) is 0 Å². The Morgan fingerprint density at radius 2 is 1.14 bits per heavy atom. The molecule has 0 saturated carbocycles. The van der Waals surface area contributed by atoms with E-state index in [1.165, 1.54) is 18.5 Å². The molecule has 0 N–H and O–H groups in total. The standard InChI is InChI=1S/C10H24Si.C6H16Si.2CH3.Ni/c1-9(10(2,3)4)8-11(5,6)7;1-5-6-7(2,3)4;;;/h9H,8H2,1-7H3;5-6H2,1-4H3;2*1H3;/q;;2*-1;+2. The first-order valence-electron chi connectivity index (χ1n) is 7.69. The number of hydrogen-bond donors (Lipinski definition) is 0. The van der Waals surface area contributed by atoms with Crippen molar-refractivity contribution in [3.05, 3.63) is 14.9 Å². The molecule has 1 atom stereocenters. The maximum Gasteiger partial charge on any atom is 2.00 e. The van der Waals surface area contributed by atoms with Gasteiger partial charge in [0.2, 0.25) is 0 Å². The zero-order valence-electron chi connectivity index (χ0n) is 17.5. The Balaban J connectivity index is -0.0000000762. The molecule has 0 saturated heterocycles. The van der Waals surface area contributed by atoms with Crippen molar-refractivity contribution in [1.29, 1.82) is 0 Å². The van der Waals surface area contributed by atoms with E-state index in [0.29, 0.717) is 5.41 Å². The van der Waals surface area contributed by atoms with Crippen LogP contribution in [0, 0.1) is 26.2 Å². The van der Waals surface area contributed by atoms with Gasteiger partial charge >= 0.3 is 16.5 Å². The SMILES string of the molecule is CC(C[Si](C)(C)C)C(C)(C)C.CCC[Si](C)(C)C.[CH3-].[CH3-].[Ni+2]. The first kappa shape index (κ1) is 33.5. The average molecular weight is 377 g/mol. The molecule has 0 aromatic carbocycles. The summed E-state index contributed by atoms with van der Waals surface area (Å²) in [7, 11) is -1.49. The maximum absolute atomic E-state index is 2.45. The maximum atomic E-state index is 2.45. The average Bonchev–Trinajstić information content (AvgIpc) is 1.96. The second kappa shape index (κ2) is 13.4. The molecule has 0 heterocycles. The molecule has 0 rings (SSSR count). The van der Waals surface area contributed by atoms with Gasteiger partial charge in [0.15, 0.2) is 0 Å². The Morgan fingerprint density at radius 1 is 0.810 bits per heavy atom. The molecule has 0 aliphatic rings. The minimum atomic E-state index is -0.830. The fourth-order valence-electron chi connectivity index (χ4n) is 1.97. The van der Waals surface area contributed by atoms with Gasteiger partial charge < -0.3 is 14.9 Å². The summed E-state index contributed by atoms with van der Waals surface area (Å²) in [6.45, 7) is 26.3. The summed E-state index contributed by atoms with van der Waals surface area (Å²) in [5.74, 6) is 0.870. The van der Waals surface area contributed by atoms with Gasteiger partial charge in [0.25, 0.3) is 0 Å². The molecule has 0 aromatic heterocycles. The van der Waals surface area contributed by atoms with Crippen LogP contribution in [-0.4, -0.2) is 16.1 Å². The molecule has 0 radical (unpaired) electrons. The van der Waals surface area contributed by atoms with Crippen LogP contribution in [0.15, 0.2) is 0 Å². The van der Waals surface area contributed by atoms with Gasteiger partial charge in [-0.1, -0.05) is 92.4 Å². The zero-order valence-corrected chi connectivity index (χ0v) is 20.5. The number of hydrogen-bond acceptors (Lipinski definition) is 0. The summed E-state index contributed by atoms with van der Waals surface area (Å²) < 4.78 is 0. The van der Waals surface area contributed by atoms with Crippen LogP contribution < -0.4 is 0 Å². The largest absolute Gasteiger partial charge is 2.00 e. The minimum absolute atomic E-state index is 0.